The Labute approximate surface area is 110 Å². The van der Waals surface area contributed by atoms with Crippen LogP contribution in [0.1, 0.15) is 15.9 Å². The van der Waals surface area contributed by atoms with E-state index in [1.54, 1.807) is 35.9 Å². The molecule has 0 saturated heterocycles. The van der Waals surface area contributed by atoms with Crippen molar-refractivity contribution in [3.63, 3.8) is 0 Å². The molecule has 94 valence electrons. The van der Waals surface area contributed by atoms with Crippen molar-refractivity contribution in [2.45, 2.75) is 11.4 Å². The predicted octanol–water partition coefficient (Wildman–Crippen LogP) is 2.07. The maximum absolute atomic E-state index is 11.9. The maximum atomic E-state index is 11.9. The van der Waals surface area contributed by atoms with E-state index in [0.29, 0.717) is 12.1 Å². The molecule has 0 fully saturated rings. The SMILES string of the molecule is CSc1ccccc1CNC(=O)c1cnn(C)c1. The summed E-state index contributed by atoms with van der Waals surface area (Å²) >= 11 is 1.68. The number of hydrogen-bond acceptors (Lipinski definition) is 3. The zero-order valence-corrected chi connectivity index (χ0v) is 11.2. The van der Waals surface area contributed by atoms with Gasteiger partial charge in [-0.25, -0.2) is 0 Å². The highest BCUT2D eigenvalue weighted by Gasteiger charge is 2.08. The van der Waals surface area contributed by atoms with Crippen LogP contribution in [0.5, 0.6) is 0 Å². The van der Waals surface area contributed by atoms with Gasteiger partial charge in [0.2, 0.25) is 0 Å². The highest BCUT2D eigenvalue weighted by atomic mass is 32.2. The van der Waals surface area contributed by atoms with Gasteiger partial charge in [0, 0.05) is 24.7 Å². The van der Waals surface area contributed by atoms with E-state index in [0.717, 1.165) is 5.56 Å². The molecule has 1 N–H and O–H groups in total. The number of thioether (sulfide) groups is 1. The zero-order valence-electron chi connectivity index (χ0n) is 10.4. The van der Waals surface area contributed by atoms with Crippen LogP contribution >= 0.6 is 11.8 Å². The van der Waals surface area contributed by atoms with Crippen LogP contribution in [0.15, 0.2) is 41.6 Å². The van der Waals surface area contributed by atoms with Gasteiger partial charge in [-0.15, -0.1) is 11.8 Å². The standard InChI is InChI=1S/C13H15N3OS/c1-16-9-11(8-15-16)13(17)14-7-10-5-3-4-6-12(10)18-2/h3-6,8-9H,7H2,1-2H3,(H,14,17). The van der Waals surface area contributed by atoms with Crippen molar-refractivity contribution in [3.8, 4) is 0 Å². The molecule has 2 aromatic rings. The molecule has 0 saturated carbocycles. The van der Waals surface area contributed by atoms with Gasteiger partial charge in [0.15, 0.2) is 0 Å². The molecule has 0 atom stereocenters. The number of aryl methyl sites for hydroxylation is 1. The van der Waals surface area contributed by atoms with Gasteiger partial charge >= 0.3 is 0 Å². The number of carbonyl (C=O) groups excluding carboxylic acids is 1. The van der Waals surface area contributed by atoms with E-state index >= 15 is 0 Å². The van der Waals surface area contributed by atoms with Crippen molar-refractivity contribution < 1.29 is 4.79 Å². The van der Waals surface area contributed by atoms with Gasteiger partial charge in [0.05, 0.1) is 11.8 Å². The third-order valence-electron chi connectivity index (χ3n) is 2.60. The smallest absolute Gasteiger partial charge is 0.254 e. The monoisotopic (exact) mass is 261 g/mol. The maximum Gasteiger partial charge on any atom is 0.254 e. The van der Waals surface area contributed by atoms with Crippen LogP contribution in [0.4, 0.5) is 0 Å². The van der Waals surface area contributed by atoms with Gasteiger partial charge in [-0.2, -0.15) is 5.10 Å². The lowest BCUT2D eigenvalue weighted by Crippen LogP contribution is -2.22. The van der Waals surface area contributed by atoms with Gasteiger partial charge in [-0.05, 0) is 17.9 Å². The third kappa shape index (κ3) is 2.92. The molecule has 0 bridgehead atoms. The Bertz CT molecular complexity index is 551. The molecule has 1 aromatic carbocycles. The highest BCUT2D eigenvalue weighted by Crippen LogP contribution is 2.19. The molecule has 0 spiro atoms. The summed E-state index contributed by atoms with van der Waals surface area (Å²) in [6.07, 6.45) is 5.30. The summed E-state index contributed by atoms with van der Waals surface area (Å²) < 4.78 is 1.62. The Morgan fingerprint density at radius 2 is 2.22 bits per heavy atom. The molecule has 5 heteroatoms. The number of nitrogens with zero attached hydrogens (tertiary/aromatic N) is 2. The fourth-order valence-electron chi connectivity index (χ4n) is 1.67. The molecule has 18 heavy (non-hydrogen) atoms. The highest BCUT2D eigenvalue weighted by molar-refractivity contribution is 7.98. The van der Waals surface area contributed by atoms with Crippen LogP contribution in [-0.2, 0) is 13.6 Å². The van der Waals surface area contributed by atoms with E-state index in [2.05, 4.69) is 16.5 Å². The fraction of sp³-hybridized carbons (Fsp3) is 0.231. The second-order valence-corrected chi connectivity index (χ2v) is 4.75. The molecular formula is C13H15N3OS. The molecule has 1 amide bonds. The molecule has 0 aliphatic heterocycles. The lowest BCUT2D eigenvalue weighted by atomic mass is 10.2. The van der Waals surface area contributed by atoms with E-state index in [1.165, 1.54) is 4.90 Å². The molecule has 1 aromatic heterocycles. The van der Waals surface area contributed by atoms with E-state index in [-0.39, 0.29) is 5.91 Å². The quantitative estimate of drug-likeness (QED) is 0.857. The van der Waals surface area contributed by atoms with Crippen molar-refractivity contribution in [3.05, 3.63) is 47.8 Å². The first kappa shape index (κ1) is 12.7. The van der Waals surface area contributed by atoms with E-state index in [4.69, 9.17) is 0 Å². The zero-order chi connectivity index (χ0) is 13.0. The van der Waals surface area contributed by atoms with Crippen molar-refractivity contribution in [1.82, 2.24) is 15.1 Å². The summed E-state index contributed by atoms with van der Waals surface area (Å²) in [5, 5.41) is 6.88. The molecule has 4 nitrogen and oxygen atoms in total. The summed E-state index contributed by atoms with van der Waals surface area (Å²) in [5.74, 6) is -0.0981. The first-order valence-electron chi connectivity index (χ1n) is 5.59. The predicted molar refractivity (Wildman–Crippen MR) is 72.6 cm³/mol. The van der Waals surface area contributed by atoms with Crippen LogP contribution in [0.25, 0.3) is 0 Å². The van der Waals surface area contributed by atoms with Crippen LogP contribution in [0.2, 0.25) is 0 Å². The Morgan fingerprint density at radius 3 is 2.89 bits per heavy atom. The van der Waals surface area contributed by atoms with Crippen molar-refractivity contribution in [2.75, 3.05) is 6.26 Å². The van der Waals surface area contributed by atoms with Crippen LogP contribution in [0.3, 0.4) is 0 Å². The minimum atomic E-state index is -0.0981. The van der Waals surface area contributed by atoms with E-state index < -0.39 is 0 Å². The Hall–Kier alpha value is -1.75. The molecular weight excluding hydrogens is 246 g/mol. The number of carbonyl (C=O) groups is 1. The topological polar surface area (TPSA) is 46.9 Å². The minimum Gasteiger partial charge on any atom is -0.348 e. The van der Waals surface area contributed by atoms with Crippen LogP contribution < -0.4 is 5.32 Å². The second kappa shape index (κ2) is 5.73. The lowest BCUT2D eigenvalue weighted by Gasteiger charge is -2.07. The minimum absolute atomic E-state index is 0.0981. The van der Waals surface area contributed by atoms with Crippen LogP contribution in [-0.4, -0.2) is 21.9 Å². The molecule has 2 rings (SSSR count). The number of nitrogens with one attached hydrogen (secondary N) is 1. The second-order valence-electron chi connectivity index (χ2n) is 3.90. The molecule has 0 unspecified atom stereocenters. The van der Waals surface area contributed by atoms with Gasteiger partial charge < -0.3 is 5.32 Å². The van der Waals surface area contributed by atoms with E-state index in [1.807, 2.05) is 24.5 Å². The molecule has 1 heterocycles. The van der Waals surface area contributed by atoms with Gasteiger partial charge in [-0.3, -0.25) is 9.48 Å². The molecule has 0 radical (unpaired) electrons. The number of benzene rings is 1. The first-order valence-corrected chi connectivity index (χ1v) is 6.82. The average Bonchev–Trinajstić information content (AvgIpc) is 2.83. The molecule has 0 aliphatic carbocycles. The van der Waals surface area contributed by atoms with Crippen molar-refractivity contribution in [1.29, 1.82) is 0 Å². The third-order valence-corrected chi connectivity index (χ3v) is 3.44. The molecule has 0 aliphatic rings. The lowest BCUT2D eigenvalue weighted by molar-refractivity contribution is 0.0950. The number of aromatic nitrogens is 2. The van der Waals surface area contributed by atoms with Gasteiger partial charge in [-0.1, -0.05) is 18.2 Å². The average molecular weight is 261 g/mol. The van der Waals surface area contributed by atoms with Crippen LogP contribution in [0, 0.1) is 0 Å². The Kier molecular flexibility index (Phi) is 4.04. The van der Waals surface area contributed by atoms with Crippen molar-refractivity contribution >= 4 is 17.7 Å². The van der Waals surface area contributed by atoms with Gasteiger partial charge in [0.1, 0.15) is 0 Å². The fourth-order valence-corrected chi connectivity index (χ4v) is 2.28. The van der Waals surface area contributed by atoms with Crippen molar-refractivity contribution in [2.24, 2.45) is 7.05 Å². The Morgan fingerprint density at radius 1 is 1.44 bits per heavy atom. The summed E-state index contributed by atoms with van der Waals surface area (Å²) in [7, 11) is 1.79. The summed E-state index contributed by atoms with van der Waals surface area (Å²) in [5.41, 5.74) is 1.71. The van der Waals surface area contributed by atoms with E-state index in [9.17, 15) is 4.79 Å². The summed E-state index contributed by atoms with van der Waals surface area (Å²) in [4.78, 5) is 13.0. The summed E-state index contributed by atoms with van der Waals surface area (Å²) in [6.45, 7) is 0.532. The summed E-state index contributed by atoms with van der Waals surface area (Å²) in [6, 6.07) is 8.05. The first-order chi connectivity index (χ1) is 8.70. The van der Waals surface area contributed by atoms with Gasteiger partial charge in [0.25, 0.3) is 5.91 Å². The normalized spacial score (nSPS) is 10.3. The largest absolute Gasteiger partial charge is 0.348 e. The number of hydrogen-bond donors (Lipinski definition) is 1. The number of amides is 1. The Balaban J connectivity index is 2.01. The number of rotatable bonds is 4.